The van der Waals surface area contributed by atoms with Crippen LogP contribution in [0, 0.1) is 26.6 Å². The van der Waals surface area contributed by atoms with Crippen LogP contribution in [0.3, 0.4) is 0 Å². The van der Waals surface area contributed by atoms with E-state index in [2.05, 4.69) is 4.98 Å². The van der Waals surface area contributed by atoms with Crippen molar-refractivity contribution in [3.05, 3.63) is 80.9 Å². The highest BCUT2D eigenvalue weighted by Crippen LogP contribution is 2.31. The first-order valence-corrected chi connectivity index (χ1v) is 11.7. The van der Waals surface area contributed by atoms with Crippen LogP contribution in [0.15, 0.2) is 46.2 Å². The molecule has 3 N–H and O–H groups in total. The Kier molecular flexibility index (Phi) is 6.67. The average molecular weight is 492 g/mol. The Labute approximate surface area is 196 Å². The number of amides is 2. The molecule has 0 spiro atoms. The van der Waals surface area contributed by atoms with Crippen LogP contribution in [0.4, 0.5) is 4.39 Å². The number of aryl methyl sites for hydroxylation is 2. The molecule has 7 nitrogen and oxygen atoms in total. The molecule has 2 amide bonds. The molecule has 33 heavy (non-hydrogen) atoms. The Morgan fingerprint density at radius 1 is 1.06 bits per heavy atom. The van der Waals surface area contributed by atoms with Gasteiger partial charge in [0.25, 0.3) is 11.8 Å². The van der Waals surface area contributed by atoms with Gasteiger partial charge in [-0.05, 0) is 61.7 Å². The van der Waals surface area contributed by atoms with Crippen LogP contribution >= 0.6 is 11.6 Å². The predicted octanol–water partition coefficient (Wildman–Crippen LogP) is 3.94. The van der Waals surface area contributed by atoms with Gasteiger partial charge in [0.2, 0.25) is 9.84 Å². The van der Waals surface area contributed by atoms with Crippen molar-refractivity contribution in [3.8, 4) is 0 Å². The minimum absolute atomic E-state index is 0.0137. The molecule has 2 aromatic carbocycles. The second kappa shape index (κ2) is 8.99. The first-order valence-electron chi connectivity index (χ1n) is 9.88. The molecule has 174 valence electrons. The summed E-state index contributed by atoms with van der Waals surface area (Å²) < 4.78 is 41.1. The molecule has 0 unspecified atom stereocenters. The molecule has 0 bridgehead atoms. The number of sulfone groups is 1. The number of hydrogen-bond donors (Lipinski definition) is 2. The monoisotopic (exact) mass is 491 g/mol. The van der Waals surface area contributed by atoms with Gasteiger partial charge in [0, 0.05) is 24.2 Å². The molecule has 0 aliphatic rings. The van der Waals surface area contributed by atoms with Gasteiger partial charge >= 0.3 is 0 Å². The molecule has 0 saturated carbocycles. The van der Waals surface area contributed by atoms with Crippen molar-refractivity contribution in [1.29, 1.82) is 0 Å². The van der Waals surface area contributed by atoms with E-state index in [9.17, 15) is 22.4 Å². The molecule has 0 aliphatic carbocycles. The third-order valence-electron chi connectivity index (χ3n) is 5.20. The minimum Gasteiger partial charge on any atom is -0.364 e. The Bertz CT molecular complexity index is 1360. The lowest BCUT2D eigenvalue weighted by Gasteiger charge is -2.17. The first kappa shape index (κ1) is 24.5. The van der Waals surface area contributed by atoms with Crippen molar-refractivity contribution in [3.63, 3.8) is 0 Å². The van der Waals surface area contributed by atoms with Gasteiger partial charge in [-0.2, -0.15) is 0 Å². The summed E-state index contributed by atoms with van der Waals surface area (Å²) in [5, 5.41) is 0.220. The summed E-state index contributed by atoms with van der Waals surface area (Å²) in [5.41, 5.74) is 6.66. The van der Waals surface area contributed by atoms with Crippen molar-refractivity contribution in [2.45, 2.75) is 37.1 Å². The lowest BCUT2D eigenvalue weighted by atomic mass is 10.2. The van der Waals surface area contributed by atoms with Crippen LogP contribution < -0.4 is 5.73 Å². The summed E-state index contributed by atoms with van der Waals surface area (Å²) in [6.45, 7) is 4.82. The van der Waals surface area contributed by atoms with Crippen LogP contribution in [0.2, 0.25) is 5.02 Å². The van der Waals surface area contributed by atoms with Crippen LogP contribution in [0.5, 0.6) is 0 Å². The van der Waals surface area contributed by atoms with E-state index in [0.717, 1.165) is 17.2 Å². The molecule has 3 aromatic rings. The predicted molar refractivity (Wildman–Crippen MR) is 123 cm³/mol. The summed E-state index contributed by atoms with van der Waals surface area (Å²) in [6, 6.07) is 8.87. The van der Waals surface area contributed by atoms with E-state index >= 15 is 0 Å². The maximum atomic E-state index is 14.2. The molecule has 0 saturated heterocycles. The number of aromatic nitrogens is 1. The van der Waals surface area contributed by atoms with E-state index in [-0.39, 0.29) is 43.9 Å². The molecular formula is C23H23ClFN3O4S. The van der Waals surface area contributed by atoms with E-state index < -0.39 is 27.5 Å². The van der Waals surface area contributed by atoms with E-state index in [1.54, 1.807) is 13.8 Å². The number of halogens is 2. The summed E-state index contributed by atoms with van der Waals surface area (Å²) >= 11 is 5.77. The fraction of sp³-hybridized carbons (Fsp3) is 0.217. The molecule has 1 aromatic heterocycles. The standard InChI is InChI=1S/C23H23ClFN3O4S/c1-12-7-13(2)9-17(8-12)33(31,32)21-14(3)19(27-20(21)22(26)29)23(30)28(4)11-15-5-6-16(24)10-18(15)25/h5-10,27H,11H2,1-4H3,(H2,26,29). The van der Waals surface area contributed by atoms with Crippen molar-refractivity contribution in [2.24, 2.45) is 5.73 Å². The number of primary amides is 1. The zero-order chi connectivity index (χ0) is 24.7. The number of rotatable bonds is 6. The number of H-pyrrole nitrogens is 1. The highest BCUT2D eigenvalue weighted by molar-refractivity contribution is 7.91. The average Bonchev–Trinajstić information content (AvgIpc) is 3.07. The number of nitrogens with one attached hydrogen (secondary N) is 1. The summed E-state index contributed by atoms with van der Waals surface area (Å²) in [7, 11) is -2.75. The SMILES string of the molecule is Cc1cc(C)cc(S(=O)(=O)c2c(C(N)=O)[nH]c(C(=O)N(C)Cc3ccc(Cl)cc3F)c2C)c1. The lowest BCUT2D eigenvalue weighted by Crippen LogP contribution is -2.27. The fourth-order valence-corrected chi connectivity index (χ4v) is 5.68. The van der Waals surface area contributed by atoms with Gasteiger partial charge in [-0.25, -0.2) is 12.8 Å². The van der Waals surface area contributed by atoms with Crippen LogP contribution in [0.1, 0.15) is 43.2 Å². The van der Waals surface area contributed by atoms with Crippen LogP contribution in [-0.4, -0.2) is 37.2 Å². The van der Waals surface area contributed by atoms with E-state index in [0.29, 0.717) is 0 Å². The van der Waals surface area contributed by atoms with Crippen LogP contribution in [-0.2, 0) is 16.4 Å². The van der Waals surface area contributed by atoms with Crippen molar-refractivity contribution in [2.75, 3.05) is 7.05 Å². The summed E-state index contributed by atoms with van der Waals surface area (Å²) in [5.74, 6) is -2.24. The second-order valence-electron chi connectivity index (χ2n) is 7.92. The highest BCUT2D eigenvalue weighted by atomic mass is 35.5. The van der Waals surface area contributed by atoms with E-state index in [1.165, 1.54) is 43.1 Å². The van der Waals surface area contributed by atoms with Crippen molar-refractivity contribution < 1.29 is 22.4 Å². The number of benzene rings is 2. The number of hydrogen-bond acceptors (Lipinski definition) is 4. The van der Waals surface area contributed by atoms with Gasteiger partial charge < -0.3 is 15.6 Å². The molecule has 0 atom stereocenters. The Hall–Kier alpha value is -3.17. The minimum atomic E-state index is -4.18. The lowest BCUT2D eigenvalue weighted by molar-refractivity contribution is 0.0778. The quantitative estimate of drug-likeness (QED) is 0.543. The summed E-state index contributed by atoms with van der Waals surface area (Å²) in [4.78, 5) is 28.6. The Morgan fingerprint density at radius 3 is 2.21 bits per heavy atom. The molecule has 1 heterocycles. The number of carbonyl (C=O) groups excluding carboxylic acids is 2. The van der Waals surface area contributed by atoms with Crippen molar-refractivity contribution in [1.82, 2.24) is 9.88 Å². The molecular weight excluding hydrogens is 469 g/mol. The fourth-order valence-electron chi connectivity index (χ4n) is 3.67. The number of nitrogens with zero attached hydrogens (tertiary/aromatic N) is 1. The summed E-state index contributed by atoms with van der Waals surface area (Å²) in [6.07, 6.45) is 0. The van der Waals surface area contributed by atoms with Crippen molar-refractivity contribution >= 4 is 33.3 Å². The third-order valence-corrected chi connectivity index (χ3v) is 7.34. The molecule has 0 fully saturated rings. The topological polar surface area (TPSA) is 113 Å². The van der Waals surface area contributed by atoms with Gasteiger partial charge in [0.1, 0.15) is 22.1 Å². The maximum absolute atomic E-state index is 14.2. The van der Waals surface area contributed by atoms with Gasteiger partial charge in [-0.1, -0.05) is 23.7 Å². The Balaban J connectivity index is 2.07. The number of carbonyl (C=O) groups is 2. The zero-order valence-corrected chi connectivity index (χ0v) is 20.1. The molecule has 0 aliphatic heterocycles. The third kappa shape index (κ3) is 4.79. The van der Waals surface area contributed by atoms with Crippen LogP contribution in [0.25, 0.3) is 0 Å². The van der Waals surface area contributed by atoms with Gasteiger partial charge in [0.15, 0.2) is 0 Å². The maximum Gasteiger partial charge on any atom is 0.270 e. The number of nitrogens with two attached hydrogens (primary N) is 1. The first-order chi connectivity index (χ1) is 15.3. The smallest absolute Gasteiger partial charge is 0.270 e. The van der Waals surface area contributed by atoms with Gasteiger partial charge in [-0.15, -0.1) is 0 Å². The number of aromatic amines is 1. The van der Waals surface area contributed by atoms with E-state index in [1.807, 2.05) is 6.07 Å². The van der Waals surface area contributed by atoms with Gasteiger partial charge in [0.05, 0.1) is 4.90 Å². The molecule has 10 heteroatoms. The normalized spacial score (nSPS) is 11.5. The molecule has 3 rings (SSSR count). The highest BCUT2D eigenvalue weighted by Gasteiger charge is 2.33. The zero-order valence-electron chi connectivity index (χ0n) is 18.5. The Morgan fingerprint density at radius 2 is 1.67 bits per heavy atom. The van der Waals surface area contributed by atoms with E-state index in [4.69, 9.17) is 17.3 Å². The van der Waals surface area contributed by atoms with Gasteiger partial charge in [-0.3, -0.25) is 9.59 Å². The second-order valence-corrected chi connectivity index (χ2v) is 10.2. The largest absolute Gasteiger partial charge is 0.364 e. The molecule has 0 radical (unpaired) electrons.